The number of hydrogen-bond acceptors (Lipinski definition) is 3. The van der Waals surface area contributed by atoms with E-state index >= 15 is 0 Å². The molecular formula is C18H26N4O. The molecule has 1 saturated carbocycles. The van der Waals surface area contributed by atoms with Crippen LogP contribution in [0, 0.1) is 5.92 Å². The lowest BCUT2D eigenvalue weighted by atomic mass is 10.1. The zero-order valence-electron chi connectivity index (χ0n) is 13.8. The van der Waals surface area contributed by atoms with Crippen LogP contribution in [-0.4, -0.2) is 36.6 Å². The normalized spacial score (nSPS) is 26.1. The highest BCUT2D eigenvalue weighted by atomic mass is 16.2. The molecular weight excluding hydrogens is 288 g/mol. The summed E-state index contributed by atoms with van der Waals surface area (Å²) in [4.78, 5) is 14.3. The summed E-state index contributed by atoms with van der Waals surface area (Å²) in [6, 6.07) is 7.17. The number of amides is 2. The molecule has 2 aliphatic carbocycles. The molecule has 5 heteroatoms. The number of benzene rings is 1. The summed E-state index contributed by atoms with van der Waals surface area (Å²) in [5, 5.41) is 3.10. The number of nitrogens with one attached hydrogen (secondary N) is 3. The van der Waals surface area contributed by atoms with Gasteiger partial charge in [0.1, 0.15) is 0 Å². The maximum absolute atomic E-state index is 12.5. The van der Waals surface area contributed by atoms with E-state index in [0.717, 1.165) is 37.4 Å². The summed E-state index contributed by atoms with van der Waals surface area (Å²) in [6.07, 6.45) is 7.21. The van der Waals surface area contributed by atoms with Gasteiger partial charge in [0.25, 0.3) is 0 Å². The van der Waals surface area contributed by atoms with Crippen LogP contribution in [0.5, 0.6) is 0 Å². The molecule has 23 heavy (non-hydrogen) atoms. The van der Waals surface area contributed by atoms with Gasteiger partial charge in [-0.1, -0.05) is 12.1 Å². The summed E-state index contributed by atoms with van der Waals surface area (Å²) >= 11 is 0. The predicted octanol–water partition coefficient (Wildman–Crippen LogP) is 2.28. The molecule has 1 aromatic rings. The lowest BCUT2D eigenvalue weighted by Gasteiger charge is -2.22. The molecule has 0 aromatic heterocycles. The second-order valence-corrected chi connectivity index (χ2v) is 7.27. The number of rotatable bonds is 4. The molecule has 0 radical (unpaired) electrons. The standard InChI is InChI=1S/C18H26N4O/c1-22(11-14-10-17(21-20-14)13-8-9-13)18(23)19-16-7-3-5-12-4-2-6-15(12)16/h3,5,7,13-14,17,20-21H,2,4,6,8-11H2,1H3,(H,19,23). The number of aryl methyl sites for hydroxylation is 1. The van der Waals surface area contributed by atoms with E-state index in [1.807, 2.05) is 19.2 Å². The Kier molecular flexibility index (Phi) is 3.99. The molecule has 1 aromatic carbocycles. The predicted molar refractivity (Wildman–Crippen MR) is 91.3 cm³/mol. The first-order chi connectivity index (χ1) is 11.2. The van der Waals surface area contributed by atoms with E-state index in [1.54, 1.807) is 4.90 Å². The molecule has 0 bridgehead atoms. The first-order valence-electron chi connectivity index (χ1n) is 8.84. The van der Waals surface area contributed by atoms with Gasteiger partial charge in [-0.25, -0.2) is 4.79 Å². The molecule has 1 aliphatic heterocycles. The fraction of sp³-hybridized carbons (Fsp3) is 0.611. The lowest BCUT2D eigenvalue weighted by molar-refractivity contribution is 0.217. The van der Waals surface area contributed by atoms with Crippen molar-refractivity contribution in [3.63, 3.8) is 0 Å². The largest absolute Gasteiger partial charge is 0.326 e. The van der Waals surface area contributed by atoms with Crippen LogP contribution in [0.1, 0.15) is 36.8 Å². The van der Waals surface area contributed by atoms with Crippen LogP contribution in [0.25, 0.3) is 0 Å². The van der Waals surface area contributed by atoms with Crippen molar-refractivity contribution in [1.82, 2.24) is 15.8 Å². The molecule has 5 nitrogen and oxygen atoms in total. The van der Waals surface area contributed by atoms with Gasteiger partial charge < -0.3 is 10.2 Å². The zero-order chi connectivity index (χ0) is 15.8. The minimum absolute atomic E-state index is 0.0121. The van der Waals surface area contributed by atoms with Crippen molar-refractivity contribution >= 4 is 11.7 Å². The molecule has 2 unspecified atom stereocenters. The number of urea groups is 1. The summed E-state index contributed by atoms with van der Waals surface area (Å²) in [5.41, 5.74) is 10.4. The molecule has 2 atom stereocenters. The number of nitrogens with zero attached hydrogens (tertiary/aromatic N) is 1. The Morgan fingerprint density at radius 1 is 1.30 bits per heavy atom. The second kappa shape index (κ2) is 6.13. The maximum Gasteiger partial charge on any atom is 0.321 e. The van der Waals surface area contributed by atoms with Gasteiger partial charge in [-0.15, -0.1) is 0 Å². The van der Waals surface area contributed by atoms with E-state index in [-0.39, 0.29) is 6.03 Å². The molecule has 1 heterocycles. The number of likely N-dealkylation sites (N-methyl/N-ethyl adjacent to an activating group) is 1. The lowest BCUT2D eigenvalue weighted by Crippen LogP contribution is -2.43. The molecule has 4 rings (SSSR count). The van der Waals surface area contributed by atoms with Gasteiger partial charge in [0, 0.05) is 31.4 Å². The van der Waals surface area contributed by atoms with Gasteiger partial charge in [-0.2, -0.15) is 0 Å². The maximum atomic E-state index is 12.5. The Bertz CT molecular complexity index is 599. The van der Waals surface area contributed by atoms with Crippen LogP contribution in [0.3, 0.4) is 0 Å². The molecule has 2 amide bonds. The van der Waals surface area contributed by atoms with Crippen molar-refractivity contribution in [1.29, 1.82) is 0 Å². The summed E-state index contributed by atoms with van der Waals surface area (Å²) in [7, 11) is 1.88. The Balaban J connectivity index is 1.33. The SMILES string of the molecule is CN(CC1CC(C2CC2)NN1)C(=O)Nc1cccc2c1CCC2. The Morgan fingerprint density at radius 2 is 2.17 bits per heavy atom. The molecule has 0 spiro atoms. The highest BCUT2D eigenvalue weighted by Gasteiger charge is 2.37. The van der Waals surface area contributed by atoms with Crippen LogP contribution in [0.2, 0.25) is 0 Å². The highest BCUT2D eigenvalue weighted by Crippen LogP contribution is 2.35. The number of fused-ring (bicyclic) bond motifs is 1. The van der Waals surface area contributed by atoms with Gasteiger partial charge in [-0.05, 0) is 61.6 Å². The third-order valence-electron chi connectivity index (χ3n) is 5.43. The third kappa shape index (κ3) is 3.21. The number of carbonyl (C=O) groups is 1. The van der Waals surface area contributed by atoms with Crippen molar-refractivity contribution in [2.24, 2.45) is 5.92 Å². The van der Waals surface area contributed by atoms with Crippen molar-refractivity contribution in [3.8, 4) is 0 Å². The molecule has 2 fully saturated rings. The third-order valence-corrected chi connectivity index (χ3v) is 5.43. The highest BCUT2D eigenvalue weighted by molar-refractivity contribution is 5.90. The fourth-order valence-corrected chi connectivity index (χ4v) is 3.94. The van der Waals surface area contributed by atoms with Crippen LogP contribution >= 0.6 is 0 Å². The first kappa shape index (κ1) is 15.0. The van der Waals surface area contributed by atoms with Gasteiger partial charge in [0.15, 0.2) is 0 Å². The zero-order valence-corrected chi connectivity index (χ0v) is 13.8. The minimum Gasteiger partial charge on any atom is -0.326 e. The summed E-state index contributed by atoms with van der Waals surface area (Å²) in [6.45, 7) is 0.733. The molecule has 3 N–H and O–H groups in total. The van der Waals surface area contributed by atoms with Crippen molar-refractivity contribution in [3.05, 3.63) is 29.3 Å². The van der Waals surface area contributed by atoms with E-state index in [9.17, 15) is 4.79 Å². The van der Waals surface area contributed by atoms with E-state index in [1.165, 1.54) is 30.4 Å². The van der Waals surface area contributed by atoms with E-state index in [4.69, 9.17) is 0 Å². The quantitative estimate of drug-likeness (QED) is 0.799. The average molecular weight is 314 g/mol. The Morgan fingerprint density at radius 3 is 3.00 bits per heavy atom. The summed E-state index contributed by atoms with van der Waals surface area (Å²) in [5.74, 6) is 0.846. The van der Waals surface area contributed by atoms with Crippen LogP contribution < -0.4 is 16.2 Å². The second-order valence-electron chi connectivity index (χ2n) is 7.27. The van der Waals surface area contributed by atoms with Crippen LogP contribution in [0.4, 0.5) is 10.5 Å². The molecule has 3 aliphatic rings. The van der Waals surface area contributed by atoms with Gasteiger partial charge >= 0.3 is 6.03 Å². The number of carbonyl (C=O) groups excluding carboxylic acids is 1. The van der Waals surface area contributed by atoms with Crippen molar-refractivity contribution in [2.45, 2.75) is 50.6 Å². The van der Waals surface area contributed by atoms with E-state index in [0.29, 0.717) is 12.1 Å². The average Bonchev–Trinajstić information content (AvgIpc) is 3.09. The van der Waals surface area contributed by atoms with Gasteiger partial charge in [-0.3, -0.25) is 10.9 Å². The molecule has 124 valence electrons. The number of hydrogen-bond donors (Lipinski definition) is 3. The van der Waals surface area contributed by atoms with Gasteiger partial charge in [0.2, 0.25) is 0 Å². The Labute approximate surface area is 137 Å². The van der Waals surface area contributed by atoms with Gasteiger partial charge in [0.05, 0.1) is 0 Å². The first-order valence-corrected chi connectivity index (χ1v) is 8.84. The van der Waals surface area contributed by atoms with Crippen molar-refractivity contribution in [2.75, 3.05) is 18.9 Å². The summed E-state index contributed by atoms with van der Waals surface area (Å²) < 4.78 is 0. The van der Waals surface area contributed by atoms with Crippen molar-refractivity contribution < 1.29 is 4.79 Å². The number of anilines is 1. The fourth-order valence-electron chi connectivity index (χ4n) is 3.94. The minimum atomic E-state index is -0.0121. The van der Waals surface area contributed by atoms with Crippen LogP contribution in [-0.2, 0) is 12.8 Å². The topological polar surface area (TPSA) is 56.4 Å². The monoisotopic (exact) mass is 314 g/mol. The smallest absolute Gasteiger partial charge is 0.321 e. The Hall–Kier alpha value is -1.59. The number of hydrazine groups is 1. The van der Waals surface area contributed by atoms with E-state index in [2.05, 4.69) is 22.2 Å². The van der Waals surface area contributed by atoms with Crippen LogP contribution in [0.15, 0.2) is 18.2 Å². The molecule has 1 saturated heterocycles. The van der Waals surface area contributed by atoms with E-state index < -0.39 is 0 Å².